The van der Waals surface area contributed by atoms with Gasteiger partial charge in [-0.25, -0.2) is 37.6 Å². The molecule has 0 spiro atoms. The molecule has 0 N–H and O–H groups in total. The fourth-order valence-corrected chi connectivity index (χ4v) is 3.06. The Morgan fingerprint density at radius 2 is 2.00 bits per heavy atom. The zero-order valence-corrected chi connectivity index (χ0v) is 14.9. The summed E-state index contributed by atoms with van der Waals surface area (Å²) >= 11 is 0. The Bertz CT molecular complexity index is 1120. The van der Waals surface area contributed by atoms with Gasteiger partial charge in [0.1, 0.15) is 12.0 Å². The smallest absolute Gasteiger partial charge is 0.299 e. The van der Waals surface area contributed by atoms with Crippen LogP contribution in [0.2, 0.25) is 0 Å². The molecule has 0 aliphatic carbocycles. The van der Waals surface area contributed by atoms with Crippen LogP contribution in [0.15, 0.2) is 37.1 Å². The number of hydrogen-bond donors (Lipinski definition) is 0. The molecule has 0 saturated carbocycles. The summed E-state index contributed by atoms with van der Waals surface area (Å²) in [5.74, 6) is -0.654. The van der Waals surface area contributed by atoms with E-state index in [0.717, 1.165) is 12.0 Å². The highest BCUT2D eigenvalue weighted by molar-refractivity contribution is 5.52. The average molecular weight is 387 g/mol. The number of nitrogens with zero attached hydrogens (tertiary/aromatic N) is 7. The van der Waals surface area contributed by atoms with Crippen LogP contribution in [0.25, 0.3) is 17.2 Å². The van der Waals surface area contributed by atoms with E-state index in [1.807, 2.05) is 6.92 Å². The minimum atomic E-state index is -2.76. The van der Waals surface area contributed by atoms with E-state index in [1.54, 1.807) is 17.0 Å². The lowest BCUT2D eigenvalue weighted by molar-refractivity contribution is 0.140. The predicted octanol–water partition coefficient (Wildman–Crippen LogP) is 3.46. The Kier molecular flexibility index (Phi) is 4.76. The second-order valence-corrected chi connectivity index (χ2v) is 6.17. The molecule has 4 aromatic heterocycles. The number of fused-ring (bicyclic) bond motifs is 1. The standard InChI is InChI=1S/C18H16F3N7/c1-2-4-11-13(24-10-28-17(11)25-16(26-28)15(20)21)9-27-8-7-23-18(27)14-12(19)5-3-6-22-14/h3,5-8,10,15H,2,4,9H2,1H3. The molecule has 0 bridgehead atoms. The van der Waals surface area contributed by atoms with Crippen molar-refractivity contribution in [3.8, 4) is 11.5 Å². The Morgan fingerprint density at radius 3 is 2.75 bits per heavy atom. The first-order chi connectivity index (χ1) is 13.6. The molecular weight excluding hydrogens is 371 g/mol. The van der Waals surface area contributed by atoms with Crippen LogP contribution >= 0.6 is 0 Å². The zero-order valence-electron chi connectivity index (χ0n) is 14.9. The first kappa shape index (κ1) is 18.1. The molecular formula is C18H16F3N7. The lowest BCUT2D eigenvalue weighted by atomic mass is 10.1. The van der Waals surface area contributed by atoms with Crippen molar-refractivity contribution in [1.29, 1.82) is 0 Å². The van der Waals surface area contributed by atoms with Crippen molar-refractivity contribution in [2.45, 2.75) is 32.7 Å². The van der Waals surface area contributed by atoms with Crippen molar-refractivity contribution in [3.63, 3.8) is 0 Å². The van der Waals surface area contributed by atoms with E-state index in [-0.39, 0.29) is 12.2 Å². The van der Waals surface area contributed by atoms with Gasteiger partial charge in [-0.1, -0.05) is 13.3 Å². The number of pyridine rings is 1. The second kappa shape index (κ2) is 7.37. The van der Waals surface area contributed by atoms with E-state index in [9.17, 15) is 13.2 Å². The summed E-state index contributed by atoms with van der Waals surface area (Å²) in [6.07, 6.45) is 4.71. The van der Waals surface area contributed by atoms with Gasteiger partial charge in [0, 0.05) is 24.2 Å². The molecule has 0 aromatic carbocycles. The summed E-state index contributed by atoms with van der Waals surface area (Å²) in [4.78, 5) is 16.6. The maximum Gasteiger partial charge on any atom is 0.299 e. The SMILES string of the molecule is CCCc1c(Cn2ccnc2-c2ncccc2F)ncn2nc(C(F)F)nc12. The number of alkyl halides is 2. The van der Waals surface area contributed by atoms with Gasteiger partial charge in [-0.3, -0.25) is 0 Å². The van der Waals surface area contributed by atoms with Crippen LogP contribution < -0.4 is 0 Å². The van der Waals surface area contributed by atoms with Gasteiger partial charge in [-0.2, -0.15) is 0 Å². The maximum absolute atomic E-state index is 14.1. The van der Waals surface area contributed by atoms with Crippen LogP contribution in [0.1, 0.15) is 36.9 Å². The van der Waals surface area contributed by atoms with Gasteiger partial charge in [0.25, 0.3) is 6.43 Å². The van der Waals surface area contributed by atoms with Crippen LogP contribution in [-0.2, 0) is 13.0 Å². The third kappa shape index (κ3) is 3.21. The molecule has 0 amide bonds. The molecule has 10 heteroatoms. The Balaban J connectivity index is 1.78. The summed E-state index contributed by atoms with van der Waals surface area (Å²) in [6, 6.07) is 2.82. The minimum absolute atomic E-state index is 0.132. The molecule has 0 radical (unpaired) electrons. The zero-order chi connectivity index (χ0) is 19.7. The molecule has 144 valence electrons. The lowest BCUT2D eigenvalue weighted by Gasteiger charge is -2.11. The fraction of sp³-hybridized carbons (Fsp3) is 0.278. The van der Waals surface area contributed by atoms with E-state index >= 15 is 0 Å². The normalized spacial score (nSPS) is 11.6. The van der Waals surface area contributed by atoms with Gasteiger partial charge in [0.2, 0.25) is 5.82 Å². The third-order valence-corrected chi connectivity index (χ3v) is 4.29. The lowest BCUT2D eigenvalue weighted by Crippen LogP contribution is -2.10. The molecule has 4 heterocycles. The average Bonchev–Trinajstić information content (AvgIpc) is 3.31. The number of imidazole rings is 1. The monoisotopic (exact) mass is 387 g/mol. The first-order valence-corrected chi connectivity index (χ1v) is 8.71. The maximum atomic E-state index is 14.1. The number of halogens is 3. The molecule has 0 aliphatic heterocycles. The molecule has 4 aromatic rings. The van der Waals surface area contributed by atoms with Crippen LogP contribution in [0.3, 0.4) is 0 Å². The van der Waals surface area contributed by atoms with Crippen LogP contribution in [0.4, 0.5) is 13.2 Å². The summed E-state index contributed by atoms with van der Waals surface area (Å²) in [6.45, 7) is 2.25. The van der Waals surface area contributed by atoms with E-state index in [2.05, 4.69) is 25.0 Å². The van der Waals surface area contributed by atoms with Crippen molar-refractivity contribution in [3.05, 3.63) is 59.9 Å². The molecule has 28 heavy (non-hydrogen) atoms. The van der Waals surface area contributed by atoms with Gasteiger partial charge in [0.15, 0.2) is 17.3 Å². The largest absolute Gasteiger partial charge is 0.324 e. The predicted molar refractivity (Wildman–Crippen MR) is 94.3 cm³/mol. The van der Waals surface area contributed by atoms with Crippen molar-refractivity contribution in [1.82, 2.24) is 34.1 Å². The number of aromatic nitrogens is 7. The van der Waals surface area contributed by atoms with Crippen LogP contribution in [0, 0.1) is 5.82 Å². The molecule has 7 nitrogen and oxygen atoms in total. The highest BCUT2D eigenvalue weighted by Crippen LogP contribution is 2.23. The summed E-state index contributed by atoms with van der Waals surface area (Å²) < 4.78 is 43.1. The van der Waals surface area contributed by atoms with E-state index in [1.165, 1.54) is 29.2 Å². The highest BCUT2D eigenvalue weighted by Gasteiger charge is 2.20. The number of aryl methyl sites for hydroxylation is 1. The Labute approximate surface area is 157 Å². The fourth-order valence-electron chi connectivity index (χ4n) is 3.06. The van der Waals surface area contributed by atoms with Gasteiger partial charge >= 0.3 is 0 Å². The quantitative estimate of drug-likeness (QED) is 0.507. The van der Waals surface area contributed by atoms with E-state index in [0.29, 0.717) is 23.6 Å². The van der Waals surface area contributed by atoms with E-state index < -0.39 is 18.1 Å². The minimum Gasteiger partial charge on any atom is -0.324 e. The molecule has 0 saturated heterocycles. The molecule has 4 rings (SSSR count). The van der Waals surface area contributed by atoms with Crippen molar-refractivity contribution in [2.24, 2.45) is 0 Å². The number of rotatable bonds is 6. The summed E-state index contributed by atoms with van der Waals surface area (Å²) in [7, 11) is 0. The van der Waals surface area contributed by atoms with Gasteiger partial charge in [0.05, 0.1) is 12.2 Å². The van der Waals surface area contributed by atoms with Crippen molar-refractivity contribution in [2.75, 3.05) is 0 Å². The third-order valence-electron chi connectivity index (χ3n) is 4.29. The summed E-state index contributed by atoms with van der Waals surface area (Å²) in [5, 5.41) is 3.78. The molecule has 0 atom stereocenters. The molecule has 0 unspecified atom stereocenters. The summed E-state index contributed by atoms with van der Waals surface area (Å²) in [5.41, 5.74) is 1.85. The van der Waals surface area contributed by atoms with Crippen LogP contribution in [0.5, 0.6) is 0 Å². The van der Waals surface area contributed by atoms with Crippen molar-refractivity contribution < 1.29 is 13.2 Å². The molecule has 0 fully saturated rings. The van der Waals surface area contributed by atoms with Gasteiger partial charge in [-0.15, -0.1) is 5.10 Å². The second-order valence-electron chi connectivity index (χ2n) is 6.17. The van der Waals surface area contributed by atoms with Gasteiger partial charge < -0.3 is 4.57 Å². The number of hydrogen-bond acceptors (Lipinski definition) is 5. The molecule has 0 aliphatic rings. The highest BCUT2D eigenvalue weighted by atomic mass is 19.3. The Morgan fingerprint density at radius 1 is 1.14 bits per heavy atom. The van der Waals surface area contributed by atoms with Crippen molar-refractivity contribution >= 4 is 5.65 Å². The van der Waals surface area contributed by atoms with E-state index in [4.69, 9.17) is 0 Å². The van der Waals surface area contributed by atoms with Gasteiger partial charge in [-0.05, 0) is 18.6 Å². The van der Waals surface area contributed by atoms with Crippen LogP contribution in [-0.4, -0.2) is 34.1 Å². The topological polar surface area (TPSA) is 73.8 Å². The Hall–Kier alpha value is -3.30. The first-order valence-electron chi connectivity index (χ1n) is 8.71.